The normalized spacial score (nSPS) is 19.3. The maximum atomic E-state index is 10.4. The number of carbonyl (C=O) groups is 2. The van der Waals surface area contributed by atoms with Gasteiger partial charge in [-0.3, -0.25) is 9.59 Å². The van der Waals surface area contributed by atoms with Crippen LogP contribution in [0.5, 0.6) is 0 Å². The molecule has 0 radical (unpaired) electrons. The summed E-state index contributed by atoms with van der Waals surface area (Å²) in [5.41, 5.74) is -1.44. The molecule has 0 aromatic heterocycles. The monoisotopic (exact) mass is 200 g/mol. The summed E-state index contributed by atoms with van der Waals surface area (Å²) >= 11 is 0. The quantitative estimate of drug-likeness (QED) is 0.497. The molecule has 1 aliphatic carbocycles. The van der Waals surface area contributed by atoms with E-state index in [0.29, 0.717) is 6.42 Å². The molecule has 5 heteroatoms. The molecule has 0 heterocycles. The minimum Gasteiger partial charge on any atom is -0.480 e. The van der Waals surface area contributed by atoms with Gasteiger partial charge >= 0.3 is 11.9 Å². The molecule has 0 spiro atoms. The summed E-state index contributed by atoms with van der Waals surface area (Å²) in [6, 6.07) is 0. The molecule has 1 rings (SSSR count). The smallest absolute Gasteiger partial charge is 0.321 e. The summed E-state index contributed by atoms with van der Waals surface area (Å²) < 4.78 is 0. The second-order valence-corrected chi connectivity index (χ2v) is 2.55. The van der Waals surface area contributed by atoms with Crippen LogP contribution >= 0.6 is 0 Å². The summed E-state index contributed by atoms with van der Waals surface area (Å²) in [7, 11) is 0. The van der Waals surface area contributed by atoms with Crippen LogP contribution in [0.4, 0.5) is 0 Å². The van der Waals surface area contributed by atoms with Crippen molar-refractivity contribution < 1.29 is 36.9 Å². The van der Waals surface area contributed by atoms with Crippen molar-refractivity contribution in [3.63, 3.8) is 0 Å². The molecular weight excluding hydrogens is 192 g/mol. The third-order valence-corrected chi connectivity index (χ3v) is 2.03. The topological polar surface area (TPSA) is 74.6 Å². The van der Waals surface area contributed by atoms with Crippen LogP contribution in [0.3, 0.4) is 0 Å². The third kappa shape index (κ3) is 1.39. The number of carboxylic acids is 2. The fourth-order valence-electron chi connectivity index (χ4n) is 1.05. The van der Waals surface area contributed by atoms with Crippen LogP contribution in [0.2, 0.25) is 0 Å². The van der Waals surface area contributed by atoms with Gasteiger partial charge in [0, 0.05) is 17.1 Å². The molecule has 0 aromatic rings. The van der Waals surface area contributed by atoms with E-state index in [2.05, 4.69) is 0 Å². The average Bonchev–Trinajstić information content (AvgIpc) is 1.57. The van der Waals surface area contributed by atoms with Crippen molar-refractivity contribution in [1.29, 1.82) is 0 Å². The first-order chi connectivity index (χ1) is 4.59. The maximum absolute atomic E-state index is 10.4. The van der Waals surface area contributed by atoms with Gasteiger partial charge in [0.2, 0.25) is 0 Å². The van der Waals surface area contributed by atoms with E-state index in [1.54, 1.807) is 0 Å². The van der Waals surface area contributed by atoms with Gasteiger partial charge in [-0.1, -0.05) is 0 Å². The largest absolute Gasteiger partial charge is 0.480 e. The zero-order chi connectivity index (χ0) is 7.78. The number of hydrogen-bond acceptors (Lipinski definition) is 2. The van der Waals surface area contributed by atoms with Crippen LogP contribution in [0.1, 0.15) is 19.3 Å². The molecule has 2 N–H and O–H groups in total. The summed E-state index contributed by atoms with van der Waals surface area (Å²) in [4.78, 5) is 20.7. The van der Waals surface area contributed by atoms with Gasteiger partial charge in [-0.15, -0.1) is 0 Å². The van der Waals surface area contributed by atoms with Gasteiger partial charge in [0.1, 0.15) is 0 Å². The van der Waals surface area contributed by atoms with Crippen LogP contribution in [-0.2, 0) is 26.7 Å². The Morgan fingerprint density at radius 2 is 1.45 bits per heavy atom. The predicted octanol–water partition coefficient (Wildman–Crippen LogP) is 0.323. The first-order valence-electron chi connectivity index (χ1n) is 3.06. The van der Waals surface area contributed by atoms with Crippen LogP contribution < -0.4 is 0 Å². The molecule has 0 bridgehead atoms. The zero-order valence-corrected chi connectivity index (χ0v) is 6.79. The van der Waals surface area contributed by atoms with Gasteiger partial charge in [0.25, 0.3) is 0 Å². The molecule has 0 aliphatic heterocycles. The van der Waals surface area contributed by atoms with Gasteiger partial charge in [0.05, 0.1) is 0 Å². The van der Waals surface area contributed by atoms with Crippen LogP contribution in [0.15, 0.2) is 0 Å². The molecule has 11 heavy (non-hydrogen) atoms. The molecule has 1 fully saturated rings. The molecule has 0 unspecified atom stereocenters. The minimum atomic E-state index is -1.44. The van der Waals surface area contributed by atoms with Crippen LogP contribution in [0.25, 0.3) is 0 Å². The first-order valence-corrected chi connectivity index (χ1v) is 3.06. The standard InChI is InChI=1S/C6H8O4.Fe/c7-4(8)6(5(9)10)2-1-3-6;/h1-3H2,(H,7,8)(H,9,10);. The second kappa shape index (κ2) is 3.24. The van der Waals surface area contributed by atoms with Crippen molar-refractivity contribution in [2.75, 3.05) is 0 Å². The van der Waals surface area contributed by atoms with E-state index in [-0.39, 0.29) is 29.9 Å². The van der Waals surface area contributed by atoms with Crippen molar-refractivity contribution in [3.8, 4) is 0 Å². The second-order valence-electron chi connectivity index (χ2n) is 2.55. The zero-order valence-electron chi connectivity index (χ0n) is 5.69. The molecule has 0 aromatic carbocycles. The van der Waals surface area contributed by atoms with E-state index < -0.39 is 17.4 Å². The SMILES string of the molecule is O=C(O)C1(C(=O)O)CCC1.[Fe]. The van der Waals surface area contributed by atoms with Crippen LogP contribution in [-0.4, -0.2) is 22.2 Å². The van der Waals surface area contributed by atoms with Crippen molar-refractivity contribution in [2.45, 2.75) is 19.3 Å². The van der Waals surface area contributed by atoms with E-state index in [1.165, 1.54) is 0 Å². The molecule has 0 amide bonds. The molecular formula is C6H8FeO4. The molecule has 1 aliphatic rings. The summed E-state index contributed by atoms with van der Waals surface area (Å²) in [6.07, 6.45) is 1.26. The third-order valence-electron chi connectivity index (χ3n) is 2.03. The van der Waals surface area contributed by atoms with Gasteiger partial charge in [0.15, 0.2) is 5.41 Å². The Morgan fingerprint density at radius 3 is 1.45 bits per heavy atom. The van der Waals surface area contributed by atoms with E-state index in [4.69, 9.17) is 10.2 Å². The molecule has 4 nitrogen and oxygen atoms in total. The molecule has 1 saturated carbocycles. The number of aliphatic carboxylic acids is 2. The maximum Gasteiger partial charge on any atom is 0.321 e. The minimum absolute atomic E-state index is 0. The Labute approximate surface area is 74.1 Å². The van der Waals surface area contributed by atoms with Gasteiger partial charge in [-0.2, -0.15) is 0 Å². The molecule has 0 saturated heterocycles. The number of rotatable bonds is 2. The summed E-state index contributed by atoms with van der Waals surface area (Å²) in [5.74, 6) is -2.41. The van der Waals surface area contributed by atoms with Crippen molar-refractivity contribution in [1.82, 2.24) is 0 Å². The molecule has 0 atom stereocenters. The van der Waals surface area contributed by atoms with Crippen molar-refractivity contribution >= 4 is 11.9 Å². The number of hydrogen-bond donors (Lipinski definition) is 2. The Kier molecular flexibility index (Phi) is 3.08. The van der Waals surface area contributed by atoms with Crippen molar-refractivity contribution in [3.05, 3.63) is 0 Å². The van der Waals surface area contributed by atoms with Gasteiger partial charge in [-0.05, 0) is 19.3 Å². The predicted molar refractivity (Wildman–Crippen MR) is 31.6 cm³/mol. The summed E-state index contributed by atoms with van der Waals surface area (Å²) in [5, 5.41) is 16.9. The van der Waals surface area contributed by atoms with Crippen LogP contribution in [0, 0.1) is 5.41 Å². The Balaban J connectivity index is 0.000001000. The van der Waals surface area contributed by atoms with Gasteiger partial charge < -0.3 is 10.2 Å². The Morgan fingerprint density at radius 1 is 1.09 bits per heavy atom. The fraction of sp³-hybridized carbons (Fsp3) is 0.667. The van der Waals surface area contributed by atoms with E-state index in [9.17, 15) is 9.59 Å². The summed E-state index contributed by atoms with van der Waals surface area (Å²) in [6.45, 7) is 0. The Hall–Kier alpha value is -0.541. The van der Waals surface area contributed by atoms with Crippen molar-refractivity contribution in [2.24, 2.45) is 5.41 Å². The molecule has 64 valence electrons. The first kappa shape index (κ1) is 10.5. The van der Waals surface area contributed by atoms with E-state index in [1.807, 2.05) is 0 Å². The fourth-order valence-corrected chi connectivity index (χ4v) is 1.05. The Bertz CT molecular complexity index is 169. The number of carboxylic acid groups (broad SMARTS) is 2. The van der Waals surface area contributed by atoms with Gasteiger partial charge in [-0.25, -0.2) is 0 Å². The van der Waals surface area contributed by atoms with E-state index >= 15 is 0 Å². The average molecular weight is 200 g/mol. The van der Waals surface area contributed by atoms with E-state index in [0.717, 1.165) is 0 Å².